The summed E-state index contributed by atoms with van der Waals surface area (Å²) in [5.74, 6) is 6.99. The van der Waals surface area contributed by atoms with Crippen LogP contribution in [0.5, 0.6) is 0 Å². The van der Waals surface area contributed by atoms with Gasteiger partial charge in [0.25, 0.3) is 0 Å². The highest BCUT2D eigenvalue weighted by molar-refractivity contribution is 5.69. The Morgan fingerprint density at radius 3 is 2.45 bits per heavy atom. The van der Waals surface area contributed by atoms with Gasteiger partial charge in [-0.15, -0.1) is 0 Å². The molecule has 0 atom stereocenters. The molecule has 0 amide bonds. The third-order valence-electron chi connectivity index (χ3n) is 4.28. The van der Waals surface area contributed by atoms with Crippen molar-refractivity contribution in [1.82, 2.24) is 0 Å². The molecule has 0 saturated heterocycles. The molecule has 0 N–H and O–H groups in total. The third-order valence-corrected chi connectivity index (χ3v) is 4.28. The molecule has 0 aliphatic heterocycles. The van der Waals surface area contributed by atoms with Crippen molar-refractivity contribution in [3.8, 4) is 11.8 Å². The highest BCUT2D eigenvalue weighted by Crippen LogP contribution is 2.34. The first kappa shape index (κ1) is 19.1. The van der Waals surface area contributed by atoms with Crippen LogP contribution in [0.25, 0.3) is 0 Å². The minimum Gasteiger partial charge on any atom is -0.452 e. The van der Waals surface area contributed by atoms with Crippen LogP contribution in [0.15, 0.2) is 0 Å². The molecule has 2 nitrogen and oxygen atoms in total. The highest BCUT2D eigenvalue weighted by Gasteiger charge is 2.19. The van der Waals surface area contributed by atoms with Gasteiger partial charge in [-0.1, -0.05) is 83.0 Å². The van der Waals surface area contributed by atoms with Gasteiger partial charge in [-0.2, -0.15) is 0 Å². The second kappa shape index (κ2) is 13.7. The summed E-state index contributed by atoms with van der Waals surface area (Å²) < 4.78 is 5.13. The number of rotatable bonds is 13. The summed E-state index contributed by atoms with van der Waals surface area (Å²) >= 11 is 0. The Hall–Kier alpha value is -0.970. The Labute approximate surface area is 137 Å². The first-order valence-corrected chi connectivity index (χ1v) is 9.44. The Kier molecular flexibility index (Phi) is 11.9. The first-order chi connectivity index (χ1) is 10.8. The predicted octanol–water partition coefficient (Wildman–Crippen LogP) is 5.64. The van der Waals surface area contributed by atoms with E-state index in [9.17, 15) is 4.79 Å². The summed E-state index contributed by atoms with van der Waals surface area (Å²) in [4.78, 5) is 11.5. The van der Waals surface area contributed by atoms with Gasteiger partial charge in [-0.25, -0.2) is 0 Å². The number of carbonyl (C=O) groups is 1. The minimum absolute atomic E-state index is 0.0839. The second-order valence-corrected chi connectivity index (χ2v) is 6.57. The van der Waals surface area contributed by atoms with Crippen LogP contribution in [0, 0.1) is 17.8 Å². The van der Waals surface area contributed by atoms with Crippen LogP contribution in [-0.4, -0.2) is 12.6 Å². The molecule has 0 aromatic heterocycles. The molecule has 1 saturated carbocycles. The fourth-order valence-electron chi connectivity index (χ4n) is 2.61. The van der Waals surface area contributed by atoms with E-state index in [0.717, 1.165) is 25.2 Å². The molecule has 1 aliphatic carbocycles. The lowest BCUT2D eigenvalue weighted by atomic mass is 10.1. The fourth-order valence-corrected chi connectivity index (χ4v) is 2.61. The molecule has 1 aliphatic rings. The summed E-state index contributed by atoms with van der Waals surface area (Å²) in [6.45, 7) is 2.50. The van der Waals surface area contributed by atoms with E-state index < -0.39 is 0 Å². The quantitative estimate of drug-likeness (QED) is 0.250. The van der Waals surface area contributed by atoms with Gasteiger partial charge >= 0.3 is 5.97 Å². The van der Waals surface area contributed by atoms with Gasteiger partial charge in [0.15, 0.2) is 6.61 Å². The summed E-state index contributed by atoms with van der Waals surface area (Å²) in [5, 5.41) is 0. The van der Waals surface area contributed by atoms with Gasteiger partial charge < -0.3 is 4.74 Å². The Bertz CT molecular complexity index is 333. The lowest BCUT2D eigenvalue weighted by molar-refractivity contribution is -0.142. The molecular formula is C20H34O2. The zero-order valence-electron chi connectivity index (χ0n) is 14.5. The zero-order chi connectivity index (χ0) is 15.9. The Balaban J connectivity index is 1.80. The van der Waals surface area contributed by atoms with E-state index in [1.807, 2.05) is 0 Å². The van der Waals surface area contributed by atoms with E-state index in [1.54, 1.807) is 0 Å². The topological polar surface area (TPSA) is 26.3 Å². The highest BCUT2D eigenvalue weighted by atomic mass is 16.5. The Morgan fingerprint density at radius 1 is 0.955 bits per heavy atom. The monoisotopic (exact) mass is 306 g/mol. The Morgan fingerprint density at radius 2 is 1.68 bits per heavy atom. The summed E-state index contributed by atoms with van der Waals surface area (Å²) in [6, 6.07) is 0. The molecule has 0 unspecified atom stereocenters. The molecule has 0 heterocycles. The molecule has 0 bridgehead atoms. The molecule has 0 aromatic carbocycles. The van der Waals surface area contributed by atoms with Gasteiger partial charge in [0.1, 0.15) is 0 Å². The SMILES string of the molecule is CCCCCCCC#CCOC(=O)CCCCCCC1CC1. The van der Waals surface area contributed by atoms with Gasteiger partial charge in [0.05, 0.1) is 0 Å². The first-order valence-electron chi connectivity index (χ1n) is 9.44. The molecule has 1 fully saturated rings. The lowest BCUT2D eigenvalue weighted by Crippen LogP contribution is -2.04. The average molecular weight is 306 g/mol. The van der Waals surface area contributed by atoms with E-state index in [2.05, 4.69) is 18.8 Å². The summed E-state index contributed by atoms with van der Waals surface area (Å²) in [5.41, 5.74) is 0. The number of esters is 1. The summed E-state index contributed by atoms with van der Waals surface area (Å²) in [7, 11) is 0. The van der Waals surface area contributed by atoms with E-state index >= 15 is 0 Å². The number of carbonyl (C=O) groups excluding carboxylic acids is 1. The molecule has 126 valence electrons. The molecule has 0 spiro atoms. The maximum Gasteiger partial charge on any atom is 0.306 e. The van der Waals surface area contributed by atoms with E-state index in [0.29, 0.717) is 6.42 Å². The van der Waals surface area contributed by atoms with Crippen LogP contribution in [-0.2, 0) is 9.53 Å². The maximum atomic E-state index is 11.5. The van der Waals surface area contributed by atoms with Crippen molar-refractivity contribution in [3.05, 3.63) is 0 Å². The normalized spacial score (nSPS) is 13.5. The molecule has 0 radical (unpaired) electrons. The van der Waals surface area contributed by atoms with Gasteiger partial charge in [-0.3, -0.25) is 4.79 Å². The number of hydrogen-bond donors (Lipinski definition) is 0. The third kappa shape index (κ3) is 12.7. The smallest absolute Gasteiger partial charge is 0.306 e. The predicted molar refractivity (Wildman–Crippen MR) is 92.5 cm³/mol. The van der Waals surface area contributed by atoms with Gasteiger partial charge in [0, 0.05) is 12.8 Å². The van der Waals surface area contributed by atoms with Crippen molar-refractivity contribution >= 4 is 5.97 Å². The minimum atomic E-state index is -0.0839. The molecule has 0 aromatic rings. The zero-order valence-corrected chi connectivity index (χ0v) is 14.5. The maximum absolute atomic E-state index is 11.5. The van der Waals surface area contributed by atoms with Crippen LogP contribution >= 0.6 is 0 Å². The van der Waals surface area contributed by atoms with E-state index in [-0.39, 0.29) is 12.6 Å². The second-order valence-electron chi connectivity index (χ2n) is 6.57. The van der Waals surface area contributed by atoms with E-state index in [1.165, 1.54) is 64.2 Å². The van der Waals surface area contributed by atoms with Crippen molar-refractivity contribution in [2.45, 2.75) is 96.8 Å². The number of hydrogen-bond acceptors (Lipinski definition) is 2. The molecule has 2 heteroatoms. The number of unbranched alkanes of at least 4 members (excludes halogenated alkanes) is 8. The standard InChI is InChI=1S/C20H34O2/c1-2-3-4-5-6-7-10-13-18-22-20(21)15-12-9-8-11-14-19-16-17-19/h19H,2-9,11-12,14-18H2,1H3. The van der Waals surface area contributed by atoms with E-state index in [4.69, 9.17) is 4.74 Å². The van der Waals surface area contributed by atoms with Crippen molar-refractivity contribution in [1.29, 1.82) is 0 Å². The van der Waals surface area contributed by atoms with Crippen LogP contribution in [0.1, 0.15) is 96.8 Å². The van der Waals surface area contributed by atoms with Crippen molar-refractivity contribution < 1.29 is 9.53 Å². The van der Waals surface area contributed by atoms with Crippen LogP contribution in [0.3, 0.4) is 0 Å². The van der Waals surface area contributed by atoms with Gasteiger partial charge in [-0.05, 0) is 18.8 Å². The van der Waals surface area contributed by atoms with Crippen molar-refractivity contribution in [2.24, 2.45) is 5.92 Å². The average Bonchev–Trinajstić information content (AvgIpc) is 3.33. The molecule has 1 rings (SSSR count). The lowest BCUT2D eigenvalue weighted by Gasteiger charge is -2.01. The van der Waals surface area contributed by atoms with Crippen LogP contribution in [0.4, 0.5) is 0 Å². The van der Waals surface area contributed by atoms with Crippen molar-refractivity contribution in [3.63, 3.8) is 0 Å². The largest absolute Gasteiger partial charge is 0.452 e. The molecule has 22 heavy (non-hydrogen) atoms. The molecular weight excluding hydrogens is 272 g/mol. The van der Waals surface area contributed by atoms with Crippen molar-refractivity contribution in [2.75, 3.05) is 6.61 Å². The van der Waals surface area contributed by atoms with Gasteiger partial charge in [0.2, 0.25) is 0 Å². The fraction of sp³-hybridized carbons (Fsp3) is 0.850. The van der Waals surface area contributed by atoms with Crippen LogP contribution < -0.4 is 0 Å². The van der Waals surface area contributed by atoms with Crippen LogP contribution in [0.2, 0.25) is 0 Å². The number of ether oxygens (including phenoxy) is 1. The summed E-state index contributed by atoms with van der Waals surface area (Å²) in [6.07, 6.45) is 16.9.